The highest BCUT2D eigenvalue weighted by atomic mass is 32.2. The lowest BCUT2D eigenvalue weighted by atomic mass is 10.1. The van der Waals surface area contributed by atoms with Crippen molar-refractivity contribution in [1.29, 1.82) is 0 Å². The number of carbonyl (C=O) groups excluding carboxylic acids is 1. The molecule has 0 radical (unpaired) electrons. The number of ether oxygens (including phenoxy) is 1. The molecule has 3 fully saturated rings. The van der Waals surface area contributed by atoms with Crippen molar-refractivity contribution in [3.8, 4) is 5.75 Å². The van der Waals surface area contributed by atoms with Crippen LogP contribution in [0.15, 0.2) is 27.6 Å². The molecule has 2 heterocycles. The monoisotopic (exact) mass is 481 g/mol. The predicted octanol–water partition coefficient (Wildman–Crippen LogP) is 3.19. The van der Waals surface area contributed by atoms with E-state index in [1.54, 1.807) is 4.90 Å². The molecule has 5 rings (SSSR count). The maximum absolute atomic E-state index is 13.7. The summed E-state index contributed by atoms with van der Waals surface area (Å²) >= 11 is 0. The summed E-state index contributed by atoms with van der Waals surface area (Å²) in [7, 11) is -3.62. The molecule has 33 heavy (non-hydrogen) atoms. The lowest BCUT2D eigenvalue weighted by molar-refractivity contribution is -0.0720. The molecular weight excluding hydrogens is 456 g/mol. The van der Waals surface area contributed by atoms with Gasteiger partial charge in [-0.05, 0) is 50.3 Å². The number of sulfone groups is 1. The van der Waals surface area contributed by atoms with Gasteiger partial charge in [0.25, 0.3) is 11.8 Å². The second-order valence-corrected chi connectivity index (χ2v) is 11.6. The van der Waals surface area contributed by atoms with E-state index in [9.17, 15) is 22.0 Å². The number of piperidine rings is 1. The van der Waals surface area contributed by atoms with Crippen molar-refractivity contribution >= 4 is 15.7 Å². The molecule has 0 N–H and O–H groups in total. The van der Waals surface area contributed by atoms with Gasteiger partial charge < -0.3 is 14.2 Å². The van der Waals surface area contributed by atoms with Crippen LogP contribution in [-0.2, 0) is 15.3 Å². The number of hydrogen-bond acceptors (Lipinski definition) is 7. The van der Waals surface area contributed by atoms with E-state index in [0.29, 0.717) is 30.7 Å². The highest BCUT2D eigenvalue weighted by Crippen LogP contribution is 2.59. The molecule has 0 spiro atoms. The predicted molar refractivity (Wildman–Crippen MR) is 112 cm³/mol. The summed E-state index contributed by atoms with van der Waals surface area (Å²) < 4.78 is 62.5. The first-order valence-corrected chi connectivity index (χ1v) is 12.8. The Kier molecular flexibility index (Phi) is 4.86. The van der Waals surface area contributed by atoms with Crippen LogP contribution < -0.4 is 4.74 Å². The van der Waals surface area contributed by atoms with Crippen LogP contribution in [0, 0.1) is 5.92 Å². The number of likely N-dealkylation sites (tertiary alicyclic amines) is 1. The maximum Gasteiger partial charge on any atom is 0.281 e. The molecular formula is C22H25F2N3O5S. The molecule has 1 amide bonds. The molecule has 8 nitrogen and oxygen atoms in total. The zero-order chi connectivity index (χ0) is 23.8. The lowest BCUT2D eigenvalue weighted by Crippen LogP contribution is -2.35. The van der Waals surface area contributed by atoms with Crippen LogP contribution >= 0.6 is 0 Å². The highest BCUT2D eigenvalue weighted by molar-refractivity contribution is 7.90. The Morgan fingerprint density at radius 3 is 2.73 bits per heavy atom. The van der Waals surface area contributed by atoms with E-state index in [1.807, 2.05) is 0 Å². The van der Waals surface area contributed by atoms with Crippen LogP contribution in [-0.4, -0.2) is 60.7 Å². The largest absolute Gasteiger partial charge is 0.484 e. The van der Waals surface area contributed by atoms with E-state index in [0.717, 1.165) is 32.4 Å². The summed E-state index contributed by atoms with van der Waals surface area (Å²) in [6, 6.07) is 3.71. The Bertz CT molecular complexity index is 1220. The molecule has 2 aromatic rings. The minimum atomic E-state index is -3.62. The van der Waals surface area contributed by atoms with E-state index in [-0.39, 0.29) is 22.1 Å². The number of halogens is 2. The summed E-state index contributed by atoms with van der Waals surface area (Å²) in [5.74, 6) is -1.94. The minimum absolute atomic E-state index is 0.0605. The molecule has 1 aromatic heterocycles. The molecule has 178 valence electrons. The summed E-state index contributed by atoms with van der Waals surface area (Å²) in [6.07, 6.45) is 2.44. The van der Waals surface area contributed by atoms with Gasteiger partial charge in [-0.25, -0.2) is 17.2 Å². The number of benzene rings is 1. The molecule has 11 heteroatoms. The van der Waals surface area contributed by atoms with Gasteiger partial charge in [0, 0.05) is 32.2 Å². The second-order valence-electron chi connectivity index (χ2n) is 9.62. The maximum atomic E-state index is 13.7. The zero-order valence-corrected chi connectivity index (χ0v) is 19.4. The van der Waals surface area contributed by atoms with Gasteiger partial charge in [-0.3, -0.25) is 4.79 Å². The number of aromatic nitrogens is 2. The minimum Gasteiger partial charge on any atom is -0.484 e. The fourth-order valence-electron chi connectivity index (χ4n) is 4.39. The molecule has 1 saturated heterocycles. The van der Waals surface area contributed by atoms with Gasteiger partial charge in [0.15, 0.2) is 21.8 Å². The average molecular weight is 482 g/mol. The smallest absolute Gasteiger partial charge is 0.281 e. The Morgan fingerprint density at radius 2 is 2.09 bits per heavy atom. The normalized spacial score (nSPS) is 25.6. The van der Waals surface area contributed by atoms with Gasteiger partial charge in [-0.2, -0.15) is 4.98 Å². The van der Waals surface area contributed by atoms with E-state index >= 15 is 0 Å². The SMILES string of the molecule is C[C@H](Oc1ccc(S(C)(=O)=O)cc1C(=O)N1CC2CC2(c2nc(C3CC3)no2)C1)C(C)(F)F. The van der Waals surface area contributed by atoms with Gasteiger partial charge in [0.1, 0.15) is 5.75 Å². The van der Waals surface area contributed by atoms with Crippen molar-refractivity contribution in [3.63, 3.8) is 0 Å². The van der Waals surface area contributed by atoms with Crippen LogP contribution in [0.25, 0.3) is 0 Å². The van der Waals surface area contributed by atoms with Crippen LogP contribution in [0.3, 0.4) is 0 Å². The molecule has 3 atom stereocenters. The third kappa shape index (κ3) is 4.00. The third-order valence-corrected chi connectivity index (χ3v) is 7.98. The first kappa shape index (κ1) is 22.2. The molecule has 1 aromatic carbocycles. The van der Waals surface area contributed by atoms with Crippen molar-refractivity contribution < 1.29 is 31.3 Å². The van der Waals surface area contributed by atoms with Crippen molar-refractivity contribution in [2.24, 2.45) is 5.92 Å². The first-order valence-electron chi connectivity index (χ1n) is 10.9. The zero-order valence-electron chi connectivity index (χ0n) is 18.5. The Hall–Kier alpha value is -2.56. The topological polar surface area (TPSA) is 103 Å². The number of rotatable bonds is 7. The quantitative estimate of drug-likeness (QED) is 0.598. The highest BCUT2D eigenvalue weighted by Gasteiger charge is 2.65. The van der Waals surface area contributed by atoms with Crippen molar-refractivity contribution in [3.05, 3.63) is 35.5 Å². The fraction of sp³-hybridized carbons (Fsp3) is 0.591. The fourth-order valence-corrected chi connectivity index (χ4v) is 5.03. The second kappa shape index (κ2) is 7.22. The van der Waals surface area contributed by atoms with Gasteiger partial charge in [-0.1, -0.05) is 5.16 Å². The Morgan fingerprint density at radius 1 is 1.36 bits per heavy atom. The van der Waals surface area contributed by atoms with Gasteiger partial charge in [0.05, 0.1) is 15.9 Å². The Balaban J connectivity index is 1.42. The van der Waals surface area contributed by atoms with Crippen LogP contribution in [0.5, 0.6) is 5.75 Å². The van der Waals surface area contributed by atoms with Gasteiger partial charge in [-0.15, -0.1) is 0 Å². The lowest BCUT2D eigenvalue weighted by Gasteiger charge is -2.25. The summed E-state index contributed by atoms with van der Waals surface area (Å²) in [5.41, 5.74) is -0.454. The van der Waals surface area contributed by atoms with E-state index in [2.05, 4.69) is 10.1 Å². The third-order valence-electron chi connectivity index (χ3n) is 6.87. The molecule has 0 bridgehead atoms. The molecule has 2 unspecified atom stereocenters. The Labute approximate surface area is 190 Å². The van der Waals surface area contributed by atoms with Gasteiger partial charge >= 0.3 is 0 Å². The van der Waals surface area contributed by atoms with Crippen LogP contribution in [0.1, 0.15) is 61.1 Å². The van der Waals surface area contributed by atoms with Gasteiger partial charge in [0.2, 0.25) is 5.89 Å². The molecule has 2 aliphatic carbocycles. The number of fused-ring (bicyclic) bond motifs is 1. The van der Waals surface area contributed by atoms with E-state index in [4.69, 9.17) is 9.26 Å². The van der Waals surface area contributed by atoms with Crippen molar-refractivity contribution in [1.82, 2.24) is 15.0 Å². The molecule has 1 aliphatic heterocycles. The van der Waals surface area contributed by atoms with Crippen LogP contribution in [0.2, 0.25) is 0 Å². The van der Waals surface area contributed by atoms with E-state index < -0.39 is 33.2 Å². The van der Waals surface area contributed by atoms with Crippen LogP contribution in [0.4, 0.5) is 8.78 Å². The van der Waals surface area contributed by atoms with Crippen molar-refractivity contribution in [2.75, 3.05) is 19.3 Å². The van der Waals surface area contributed by atoms with E-state index in [1.165, 1.54) is 25.1 Å². The number of nitrogens with zero attached hydrogens (tertiary/aromatic N) is 3. The summed E-state index contributed by atoms with van der Waals surface area (Å²) in [4.78, 5) is 19.5. The number of alkyl halides is 2. The summed E-state index contributed by atoms with van der Waals surface area (Å²) in [5, 5.41) is 4.08. The molecule has 2 saturated carbocycles. The summed E-state index contributed by atoms with van der Waals surface area (Å²) in [6.45, 7) is 2.70. The number of amides is 1. The molecule has 3 aliphatic rings. The number of hydrogen-bond donors (Lipinski definition) is 0. The van der Waals surface area contributed by atoms with Crippen molar-refractivity contribution in [2.45, 2.75) is 61.4 Å². The average Bonchev–Trinajstić information content (AvgIpc) is 3.61. The number of carbonyl (C=O) groups is 1. The standard InChI is InChI=1S/C22H25F2N3O5S/c1-12(21(2,23)24)31-17-7-6-15(33(3,29)30)8-16(17)19(28)27-10-14-9-22(14,11-27)20-25-18(26-32-20)13-4-5-13/h6-8,12-14H,4-5,9-11H2,1-3H3/t12-,14?,22?/m0/s1. The first-order chi connectivity index (χ1) is 15.4.